The molecule has 0 unspecified atom stereocenters. The van der Waals surface area contributed by atoms with Gasteiger partial charge in [0.25, 0.3) is 5.56 Å². The fourth-order valence-electron chi connectivity index (χ4n) is 5.52. The van der Waals surface area contributed by atoms with Crippen molar-refractivity contribution in [2.45, 2.75) is 19.3 Å². The van der Waals surface area contributed by atoms with E-state index >= 15 is 0 Å². The molecular weight excluding hydrogens is 406 g/mol. The Kier molecular flexibility index (Phi) is 3.46. The first-order valence-corrected chi connectivity index (χ1v) is 11.2. The van der Waals surface area contributed by atoms with Crippen LogP contribution < -0.4 is 5.56 Å². The molecule has 0 atom stereocenters. The highest BCUT2D eigenvalue weighted by atomic mass is 16.1. The van der Waals surface area contributed by atoms with Gasteiger partial charge in [-0.3, -0.25) is 9.36 Å². The second-order valence-corrected chi connectivity index (χ2v) is 9.29. The SMILES string of the molecule is CC1(C)c2ccccc2-c2ccc(-n3c4ccccc4n4c(=O)c5ccccc5nc34)cc21. The Morgan fingerprint density at radius 2 is 1.42 bits per heavy atom. The molecule has 0 bridgehead atoms. The van der Waals surface area contributed by atoms with Gasteiger partial charge >= 0.3 is 0 Å². The average Bonchev–Trinajstić information content (AvgIpc) is 3.29. The van der Waals surface area contributed by atoms with Crippen molar-refractivity contribution in [3.8, 4) is 16.8 Å². The molecule has 0 N–H and O–H groups in total. The number of rotatable bonds is 1. The van der Waals surface area contributed by atoms with Crippen molar-refractivity contribution in [2.75, 3.05) is 0 Å². The third kappa shape index (κ3) is 2.30. The molecule has 1 aliphatic carbocycles. The van der Waals surface area contributed by atoms with E-state index in [1.807, 2.05) is 42.5 Å². The third-order valence-electron chi connectivity index (χ3n) is 7.15. The second-order valence-electron chi connectivity index (χ2n) is 9.29. The van der Waals surface area contributed by atoms with Crippen molar-refractivity contribution in [3.05, 3.63) is 112 Å². The summed E-state index contributed by atoms with van der Waals surface area (Å²) < 4.78 is 3.85. The minimum atomic E-state index is -0.0995. The first-order valence-electron chi connectivity index (χ1n) is 11.2. The molecule has 4 aromatic carbocycles. The van der Waals surface area contributed by atoms with Gasteiger partial charge in [0.05, 0.1) is 21.9 Å². The highest BCUT2D eigenvalue weighted by molar-refractivity contribution is 5.88. The molecule has 158 valence electrons. The van der Waals surface area contributed by atoms with Gasteiger partial charge in [0.2, 0.25) is 5.78 Å². The number of benzene rings is 4. The Hall–Kier alpha value is -4.18. The zero-order valence-corrected chi connectivity index (χ0v) is 18.4. The van der Waals surface area contributed by atoms with Gasteiger partial charge in [-0.15, -0.1) is 0 Å². The molecule has 1 aliphatic rings. The lowest BCUT2D eigenvalue weighted by Crippen LogP contribution is -2.16. The standard InChI is InChI=1S/C29H21N3O/c1-29(2)22-11-5-3-9-19(22)20-16-15-18(17-23(20)29)31-25-13-7-8-14-26(25)32-27(33)21-10-4-6-12-24(21)30-28(31)32/h3-17H,1-2H3. The Balaban J connectivity index is 1.60. The maximum atomic E-state index is 13.5. The zero-order chi connectivity index (χ0) is 22.3. The topological polar surface area (TPSA) is 39.3 Å². The molecule has 33 heavy (non-hydrogen) atoms. The van der Waals surface area contributed by atoms with Gasteiger partial charge in [-0.05, 0) is 58.7 Å². The third-order valence-corrected chi connectivity index (χ3v) is 7.15. The van der Waals surface area contributed by atoms with E-state index in [1.165, 1.54) is 22.3 Å². The van der Waals surface area contributed by atoms with E-state index in [0.29, 0.717) is 16.7 Å². The largest absolute Gasteiger partial charge is 0.278 e. The summed E-state index contributed by atoms with van der Waals surface area (Å²) in [5, 5.41) is 0.628. The molecule has 7 rings (SSSR count). The number of hydrogen-bond donors (Lipinski definition) is 0. The minimum Gasteiger partial charge on any atom is -0.278 e. The summed E-state index contributed by atoms with van der Waals surface area (Å²) in [5.74, 6) is 0.633. The lowest BCUT2D eigenvalue weighted by atomic mass is 9.82. The van der Waals surface area contributed by atoms with Gasteiger partial charge < -0.3 is 0 Å². The molecule has 0 radical (unpaired) electrons. The van der Waals surface area contributed by atoms with Gasteiger partial charge in [0.1, 0.15) is 0 Å². The zero-order valence-electron chi connectivity index (χ0n) is 18.4. The molecule has 0 saturated carbocycles. The monoisotopic (exact) mass is 427 g/mol. The predicted octanol–water partition coefficient (Wildman–Crippen LogP) is 6.10. The molecule has 6 aromatic rings. The first kappa shape index (κ1) is 18.4. The van der Waals surface area contributed by atoms with Gasteiger partial charge in [0, 0.05) is 11.1 Å². The summed E-state index contributed by atoms with van der Waals surface area (Å²) in [5.41, 5.74) is 8.61. The fraction of sp³-hybridized carbons (Fsp3) is 0.103. The Labute approximate surface area is 190 Å². The normalized spacial score (nSPS) is 14.1. The summed E-state index contributed by atoms with van der Waals surface area (Å²) in [6.07, 6.45) is 0. The number of aromatic nitrogens is 3. The van der Waals surface area contributed by atoms with Crippen LogP contribution in [0.3, 0.4) is 0 Å². The van der Waals surface area contributed by atoms with Crippen molar-refractivity contribution in [1.82, 2.24) is 14.0 Å². The summed E-state index contributed by atoms with van der Waals surface area (Å²) in [4.78, 5) is 18.4. The summed E-state index contributed by atoms with van der Waals surface area (Å²) >= 11 is 0. The number of hydrogen-bond acceptors (Lipinski definition) is 2. The Morgan fingerprint density at radius 1 is 0.727 bits per heavy atom. The molecule has 4 nitrogen and oxygen atoms in total. The van der Waals surface area contributed by atoms with Crippen LogP contribution in [-0.4, -0.2) is 14.0 Å². The van der Waals surface area contributed by atoms with Crippen LogP contribution in [0.25, 0.3) is 44.5 Å². The molecule has 0 fully saturated rings. The summed E-state index contributed by atoms with van der Waals surface area (Å²) in [6, 6.07) is 30.9. The molecule has 0 amide bonds. The Bertz CT molecular complexity index is 1820. The van der Waals surface area contributed by atoms with Gasteiger partial charge in [-0.25, -0.2) is 9.38 Å². The van der Waals surface area contributed by atoms with Crippen molar-refractivity contribution in [2.24, 2.45) is 0 Å². The van der Waals surface area contributed by atoms with Crippen LogP contribution >= 0.6 is 0 Å². The van der Waals surface area contributed by atoms with E-state index in [4.69, 9.17) is 4.98 Å². The highest BCUT2D eigenvalue weighted by Gasteiger charge is 2.35. The van der Waals surface area contributed by atoms with Crippen LogP contribution in [0.15, 0.2) is 95.8 Å². The molecule has 2 heterocycles. The van der Waals surface area contributed by atoms with Crippen LogP contribution in [0, 0.1) is 0 Å². The molecule has 4 heteroatoms. The highest BCUT2D eigenvalue weighted by Crippen LogP contribution is 2.49. The van der Waals surface area contributed by atoms with E-state index in [9.17, 15) is 4.79 Å². The number of para-hydroxylation sites is 3. The quantitative estimate of drug-likeness (QED) is 0.318. The molecule has 0 saturated heterocycles. The van der Waals surface area contributed by atoms with Gasteiger partial charge in [-0.2, -0.15) is 0 Å². The smallest absolute Gasteiger partial charge is 0.267 e. The molecule has 2 aromatic heterocycles. The maximum absolute atomic E-state index is 13.5. The van der Waals surface area contributed by atoms with Crippen molar-refractivity contribution in [3.63, 3.8) is 0 Å². The lowest BCUT2D eigenvalue weighted by Gasteiger charge is -2.22. The summed E-state index contributed by atoms with van der Waals surface area (Å²) in [7, 11) is 0. The summed E-state index contributed by atoms with van der Waals surface area (Å²) in [6.45, 7) is 4.56. The lowest BCUT2D eigenvalue weighted by molar-refractivity contribution is 0.660. The Morgan fingerprint density at radius 3 is 2.30 bits per heavy atom. The van der Waals surface area contributed by atoms with Crippen LogP contribution in [-0.2, 0) is 5.41 Å². The van der Waals surface area contributed by atoms with Gasteiger partial charge in [-0.1, -0.05) is 68.4 Å². The van der Waals surface area contributed by atoms with E-state index in [2.05, 4.69) is 66.9 Å². The first-order chi connectivity index (χ1) is 16.1. The maximum Gasteiger partial charge on any atom is 0.267 e. The van der Waals surface area contributed by atoms with Crippen LogP contribution in [0.5, 0.6) is 0 Å². The van der Waals surface area contributed by atoms with E-state index in [0.717, 1.165) is 16.7 Å². The second kappa shape index (κ2) is 6.20. The number of nitrogens with zero attached hydrogens (tertiary/aromatic N) is 3. The van der Waals surface area contributed by atoms with Crippen LogP contribution in [0.1, 0.15) is 25.0 Å². The van der Waals surface area contributed by atoms with Crippen LogP contribution in [0.4, 0.5) is 0 Å². The van der Waals surface area contributed by atoms with Crippen LogP contribution in [0.2, 0.25) is 0 Å². The van der Waals surface area contributed by atoms with Crippen molar-refractivity contribution in [1.29, 1.82) is 0 Å². The van der Waals surface area contributed by atoms with Crippen molar-refractivity contribution >= 4 is 27.7 Å². The van der Waals surface area contributed by atoms with E-state index in [-0.39, 0.29) is 11.0 Å². The minimum absolute atomic E-state index is 0.0422. The van der Waals surface area contributed by atoms with E-state index in [1.54, 1.807) is 4.40 Å². The van der Waals surface area contributed by atoms with Gasteiger partial charge in [0.15, 0.2) is 0 Å². The molecule has 0 spiro atoms. The van der Waals surface area contributed by atoms with Crippen molar-refractivity contribution < 1.29 is 0 Å². The molecular formula is C29H21N3O. The number of fused-ring (bicyclic) bond motifs is 7. The molecule has 0 aliphatic heterocycles. The fourth-order valence-corrected chi connectivity index (χ4v) is 5.52. The van der Waals surface area contributed by atoms with E-state index < -0.39 is 0 Å². The average molecular weight is 428 g/mol. The number of imidazole rings is 1. The predicted molar refractivity (Wildman–Crippen MR) is 133 cm³/mol.